The van der Waals surface area contributed by atoms with Crippen molar-refractivity contribution < 1.29 is 4.42 Å². The SMILES string of the molecule is Cc1cc(-n2c3ccccc3c3cc4c(cc32)-c2ccccc2C42c3ccccc3-c3ccccc32)c2c(oc3ccccc32)c1-c1nc(-c2ccccc2)nc(-c2ccccc2)n1. The zero-order valence-electron chi connectivity index (χ0n) is 34.7. The van der Waals surface area contributed by atoms with Crippen LogP contribution in [0.2, 0.25) is 0 Å². The molecule has 0 fully saturated rings. The highest BCUT2D eigenvalue weighted by molar-refractivity contribution is 6.18. The largest absolute Gasteiger partial charge is 0.455 e. The van der Waals surface area contributed by atoms with Crippen molar-refractivity contribution in [3.63, 3.8) is 0 Å². The molecule has 0 saturated carbocycles. The van der Waals surface area contributed by atoms with E-state index in [1.165, 1.54) is 55.3 Å². The van der Waals surface area contributed by atoms with E-state index >= 15 is 0 Å². The Kier molecular flexibility index (Phi) is 7.18. The van der Waals surface area contributed by atoms with Crippen molar-refractivity contribution in [1.29, 1.82) is 0 Å². The first-order valence-electron chi connectivity index (χ1n) is 21.9. The number of hydrogen-bond acceptors (Lipinski definition) is 4. The summed E-state index contributed by atoms with van der Waals surface area (Å²) in [7, 11) is 0. The molecule has 0 amide bonds. The minimum atomic E-state index is -0.440. The third kappa shape index (κ3) is 4.65. The number of nitrogens with zero attached hydrogens (tertiary/aromatic N) is 4. The van der Waals surface area contributed by atoms with Crippen molar-refractivity contribution in [2.24, 2.45) is 0 Å². The number of furan rings is 1. The second kappa shape index (κ2) is 13.1. The molecule has 0 radical (unpaired) electrons. The number of rotatable bonds is 4. The van der Waals surface area contributed by atoms with Crippen molar-refractivity contribution in [2.45, 2.75) is 12.3 Å². The fourth-order valence-corrected chi connectivity index (χ4v) is 11.2. The lowest BCUT2D eigenvalue weighted by atomic mass is 9.70. The predicted molar refractivity (Wildman–Crippen MR) is 259 cm³/mol. The van der Waals surface area contributed by atoms with Crippen LogP contribution in [-0.4, -0.2) is 19.5 Å². The molecule has 2 aliphatic rings. The van der Waals surface area contributed by atoms with E-state index < -0.39 is 5.41 Å². The predicted octanol–water partition coefficient (Wildman–Crippen LogP) is 14.5. The topological polar surface area (TPSA) is 56.7 Å². The first-order chi connectivity index (χ1) is 31.7. The van der Waals surface area contributed by atoms with E-state index in [0.29, 0.717) is 17.5 Å². The molecule has 3 heterocycles. The summed E-state index contributed by atoms with van der Waals surface area (Å²) in [6.45, 7) is 2.15. The van der Waals surface area contributed by atoms with Gasteiger partial charge < -0.3 is 8.98 Å². The maximum absolute atomic E-state index is 7.01. The van der Waals surface area contributed by atoms with Crippen LogP contribution in [0.4, 0.5) is 0 Å². The van der Waals surface area contributed by atoms with Gasteiger partial charge >= 0.3 is 0 Å². The van der Waals surface area contributed by atoms with Gasteiger partial charge in [0.25, 0.3) is 0 Å². The Morgan fingerprint density at radius 1 is 0.422 bits per heavy atom. The fourth-order valence-electron chi connectivity index (χ4n) is 11.2. The van der Waals surface area contributed by atoms with E-state index in [9.17, 15) is 0 Å². The summed E-state index contributed by atoms with van der Waals surface area (Å²) in [5.74, 6) is 1.79. The summed E-state index contributed by atoms with van der Waals surface area (Å²) >= 11 is 0. The maximum atomic E-state index is 7.01. The standard InChI is InChI=1S/C59H36N4O/c1-35-32-51(54-42-26-12-17-31-52(42)64-55(54)53(35)58-61-56(36-18-4-2-5-19-36)60-57(62-58)37-20-6-3-7-21-37)63-49-30-16-11-25-41(49)44-33-48-43(34-50(44)63)40-24-10-15-29-47(40)59(48)45-27-13-8-22-38(45)39-23-9-14-28-46(39)59/h2-34H,1H3. The van der Waals surface area contributed by atoms with Gasteiger partial charge in [-0.2, -0.15) is 0 Å². The maximum Gasteiger partial charge on any atom is 0.168 e. The average Bonchev–Trinajstić information content (AvgIpc) is 4.07. The Hall–Kier alpha value is -8.41. The van der Waals surface area contributed by atoms with E-state index in [2.05, 4.69) is 145 Å². The van der Waals surface area contributed by atoms with E-state index in [1.807, 2.05) is 66.7 Å². The number of para-hydroxylation sites is 2. The number of aryl methyl sites for hydroxylation is 1. The average molecular weight is 817 g/mol. The Morgan fingerprint density at radius 3 is 1.58 bits per heavy atom. The minimum Gasteiger partial charge on any atom is -0.455 e. The van der Waals surface area contributed by atoms with Gasteiger partial charge in [-0.3, -0.25) is 0 Å². The molecule has 12 aromatic rings. The monoisotopic (exact) mass is 816 g/mol. The van der Waals surface area contributed by atoms with Crippen LogP contribution in [-0.2, 0) is 5.41 Å². The van der Waals surface area contributed by atoms with Crippen molar-refractivity contribution in [2.75, 3.05) is 0 Å². The summed E-state index contributed by atoms with van der Waals surface area (Å²) in [4.78, 5) is 15.4. The van der Waals surface area contributed by atoms with Crippen molar-refractivity contribution in [3.8, 4) is 62.1 Å². The van der Waals surface area contributed by atoms with Crippen LogP contribution in [0.3, 0.4) is 0 Å². The van der Waals surface area contributed by atoms with Crippen molar-refractivity contribution >= 4 is 43.7 Å². The first-order valence-corrected chi connectivity index (χ1v) is 21.9. The van der Waals surface area contributed by atoms with Gasteiger partial charge in [0.05, 0.1) is 33.1 Å². The fraction of sp³-hybridized carbons (Fsp3) is 0.0339. The van der Waals surface area contributed by atoms with E-state index in [-0.39, 0.29) is 0 Å². The first kappa shape index (κ1) is 35.2. The van der Waals surface area contributed by atoms with Crippen LogP contribution >= 0.6 is 0 Å². The van der Waals surface area contributed by atoms with E-state index in [1.54, 1.807) is 0 Å². The molecule has 0 saturated heterocycles. The van der Waals surface area contributed by atoms with Crippen LogP contribution in [0.5, 0.6) is 0 Å². The van der Waals surface area contributed by atoms with Gasteiger partial charge in [0.2, 0.25) is 0 Å². The zero-order chi connectivity index (χ0) is 42.1. The molecule has 64 heavy (non-hydrogen) atoms. The van der Waals surface area contributed by atoms with Crippen LogP contribution in [0, 0.1) is 6.92 Å². The quantitative estimate of drug-likeness (QED) is 0.178. The summed E-state index contributed by atoms with van der Waals surface area (Å²) in [6, 6.07) is 71.8. The van der Waals surface area contributed by atoms with Gasteiger partial charge in [-0.1, -0.05) is 170 Å². The molecule has 2 aliphatic carbocycles. The van der Waals surface area contributed by atoms with Gasteiger partial charge in [-0.25, -0.2) is 15.0 Å². The molecule has 9 aromatic carbocycles. The molecule has 3 aromatic heterocycles. The Morgan fingerprint density at radius 2 is 0.938 bits per heavy atom. The Bertz CT molecular complexity index is 3810. The Labute approximate surface area is 368 Å². The minimum absolute atomic E-state index is 0.440. The van der Waals surface area contributed by atoms with Gasteiger partial charge in [-0.05, 0) is 87.3 Å². The summed E-state index contributed by atoms with van der Waals surface area (Å²) < 4.78 is 9.48. The third-order valence-corrected chi connectivity index (χ3v) is 13.8. The molecule has 1 spiro atoms. The Balaban J connectivity index is 1.08. The molecule has 0 atom stereocenters. The molecule has 14 rings (SSSR count). The van der Waals surface area contributed by atoms with Gasteiger partial charge in [0, 0.05) is 27.3 Å². The number of hydrogen-bond donors (Lipinski definition) is 0. The third-order valence-electron chi connectivity index (χ3n) is 13.8. The molecule has 5 heteroatoms. The molecule has 0 aliphatic heterocycles. The highest BCUT2D eigenvalue weighted by Gasteiger charge is 2.51. The highest BCUT2D eigenvalue weighted by atomic mass is 16.3. The van der Waals surface area contributed by atoms with Crippen LogP contribution in [0.25, 0.3) is 106 Å². The summed E-state index contributed by atoms with van der Waals surface area (Å²) in [5, 5.41) is 4.46. The van der Waals surface area contributed by atoms with Gasteiger partial charge in [0.1, 0.15) is 11.2 Å². The highest BCUT2D eigenvalue weighted by Crippen LogP contribution is 2.63. The summed E-state index contributed by atoms with van der Waals surface area (Å²) in [6.07, 6.45) is 0. The molecule has 0 unspecified atom stereocenters. The van der Waals surface area contributed by atoms with Crippen molar-refractivity contribution in [3.05, 3.63) is 228 Å². The van der Waals surface area contributed by atoms with Crippen LogP contribution < -0.4 is 0 Å². The molecule has 0 bridgehead atoms. The molecule has 298 valence electrons. The zero-order valence-corrected chi connectivity index (χ0v) is 34.7. The van der Waals surface area contributed by atoms with E-state index in [0.717, 1.165) is 60.9 Å². The molecular formula is C59H36N4O. The second-order valence-electron chi connectivity index (χ2n) is 17.1. The second-order valence-corrected chi connectivity index (χ2v) is 17.1. The normalized spacial score (nSPS) is 13.2. The lowest BCUT2D eigenvalue weighted by molar-refractivity contribution is 0.669. The van der Waals surface area contributed by atoms with Crippen LogP contribution in [0.15, 0.2) is 205 Å². The number of benzene rings is 9. The summed E-state index contributed by atoms with van der Waals surface area (Å²) in [5.41, 5.74) is 18.6. The smallest absolute Gasteiger partial charge is 0.168 e. The van der Waals surface area contributed by atoms with E-state index in [4.69, 9.17) is 19.4 Å². The van der Waals surface area contributed by atoms with Gasteiger partial charge in [-0.15, -0.1) is 0 Å². The molecule has 5 nitrogen and oxygen atoms in total. The number of fused-ring (bicyclic) bond motifs is 16. The lowest BCUT2D eigenvalue weighted by Gasteiger charge is -2.30. The lowest BCUT2D eigenvalue weighted by Crippen LogP contribution is -2.25. The number of aromatic nitrogens is 4. The van der Waals surface area contributed by atoms with Crippen LogP contribution in [0.1, 0.15) is 27.8 Å². The molecule has 0 N–H and O–H groups in total. The molecular weight excluding hydrogens is 781 g/mol. The van der Waals surface area contributed by atoms with Crippen molar-refractivity contribution in [1.82, 2.24) is 19.5 Å². The van der Waals surface area contributed by atoms with Gasteiger partial charge in [0.15, 0.2) is 17.5 Å².